The number of aliphatic hydroxyl groups is 1. The third-order valence-electron chi connectivity index (χ3n) is 5.39. The molecular formula is C23H39N3O3. The summed E-state index contributed by atoms with van der Waals surface area (Å²) in [7, 11) is 1.65. The van der Waals surface area contributed by atoms with Crippen LogP contribution in [0.2, 0.25) is 0 Å². The van der Waals surface area contributed by atoms with E-state index in [0.29, 0.717) is 18.0 Å². The SMILES string of the molecule is C=C(C)CN(CC)Cc1ccc(OC[C@H](O)CN2CCN(CC)CC2)c(OC)c1. The molecule has 1 heterocycles. The lowest BCUT2D eigenvalue weighted by molar-refractivity contribution is 0.0464. The molecule has 1 atom stereocenters. The predicted molar refractivity (Wildman–Crippen MR) is 119 cm³/mol. The minimum atomic E-state index is -0.515. The zero-order valence-corrected chi connectivity index (χ0v) is 18.7. The van der Waals surface area contributed by atoms with Gasteiger partial charge in [0.2, 0.25) is 0 Å². The molecule has 1 aliphatic rings. The Kier molecular flexibility index (Phi) is 9.94. The van der Waals surface area contributed by atoms with Crippen LogP contribution in [0.5, 0.6) is 11.5 Å². The quantitative estimate of drug-likeness (QED) is 0.539. The number of likely N-dealkylation sites (N-methyl/N-ethyl adjacent to an activating group) is 2. The second-order valence-corrected chi connectivity index (χ2v) is 7.95. The fourth-order valence-electron chi connectivity index (χ4n) is 3.67. The molecule has 1 saturated heterocycles. The highest BCUT2D eigenvalue weighted by molar-refractivity contribution is 5.43. The molecule has 1 aromatic carbocycles. The summed E-state index contributed by atoms with van der Waals surface area (Å²) in [4.78, 5) is 7.07. The molecule has 0 radical (unpaired) electrons. The third-order valence-corrected chi connectivity index (χ3v) is 5.39. The number of ether oxygens (including phenoxy) is 2. The molecule has 0 amide bonds. The highest BCUT2D eigenvalue weighted by atomic mass is 16.5. The van der Waals surface area contributed by atoms with Gasteiger partial charge >= 0.3 is 0 Å². The molecule has 6 heteroatoms. The number of nitrogens with zero attached hydrogens (tertiary/aromatic N) is 3. The zero-order valence-electron chi connectivity index (χ0n) is 18.7. The smallest absolute Gasteiger partial charge is 0.161 e. The molecule has 1 fully saturated rings. The van der Waals surface area contributed by atoms with Crippen LogP contribution >= 0.6 is 0 Å². The van der Waals surface area contributed by atoms with Gasteiger partial charge in [-0.1, -0.05) is 32.1 Å². The summed E-state index contributed by atoms with van der Waals surface area (Å²) in [5.74, 6) is 1.38. The molecule has 1 N–H and O–H groups in total. The van der Waals surface area contributed by atoms with Crippen LogP contribution in [0.15, 0.2) is 30.4 Å². The van der Waals surface area contributed by atoms with E-state index in [1.54, 1.807) is 7.11 Å². The van der Waals surface area contributed by atoms with Gasteiger partial charge in [0, 0.05) is 45.8 Å². The highest BCUT2D eigenvalue weighted by Gasteiger charge is 2.19. The van der Waals surface area contributed by atoms with Crippen molar-refractivity contribution in [1.82, 2.24) is 14.7 Å². The van der Waals surface area contributed by atoms with E-state index >= 15 is 0 Å². The number of piperazine rings is 1. The molecule has 29 heavy (non-hydrogen) atoms. The van der Waals surface area contributed by atoms with Crippen LogP contribution in [0.25, 0.3) is 0 Å². The van der Waals surface area contributed by atoms with Gasteiger partial charge in [-0.05, 0) is 37.7 Å². The van der Waals surface area contributed by atoms with Crippen molar-refractivity contribution < 1.29 is 14.6 Å². The topological polar surface area (TPSA) is 48.4 Å². The first kappa shape index (κ1) is 23.7. The molecule has 0 bridgehead atoms. The molecule has 0 saturated carbocycles. The van der Waals surface area contributed by atoms with Gasteiger partial charge in [-0.15, -0.1) is 0 Å². The molecule has 0 unspecified atom stereocenters. The molecule has 0 aliphatic carbocycles. The zero-order chi connectivity index (χ0) is 21.2. The van der Waals surface area contributed by atoms with E-state index in [1.165, 1.54) is 5.56 Å². The van der Waals surface area contributed by atoms with Crippen LogP contribution in [-0.2, 0) is 6.54 Å². The Morgan fingerprint density at radius 3 is 2.45 bits per heavy atom. The first-order valence-corrected chi connectivity index (χ1v) is 10.7. The van der Waals surface area contributed by atoms with Crippen LogP contribution in [0.1, 0.15) is 26.3 Å². The van der Waals surface area contributed by atoms with E-state index in [2.05, 4.69) is 48.1 Å². The number of aliphatic hydroxyl groups excluding tert-OH is 1. The number of hydrogen-bond acceptors (Lipinski definition) is 6. The number of methoxy groups -OCH3 is 1. The van der Waals surface area contributed by atoms with Gasteiger partial charge in [-0.3, -0.25) is 9.80 Å². The summed E-state index contributed by atoms with van der Waals surface area (Å²) in [5.41, 5.74) is 2.33. The van der Waals surface area contributed by atoms with Gasteiger partial charge in [-0.25, -0.2) is 0 Å². The van der Waals surface area contributed by atoms with Crippen LogP contribution in [0.3, 0.4) is 0 Å². The standard InChI is InChI=1S/C23H39N3O3/c1-6-24-10-12-26(13-11-24)17-21(27)18-29-22-9-8-20(14-23(22)28-5)16-25(7-2)15-19(3)4/h8-9,14,21,27H,3,6-7,10-13,15-18H2,1-2,4-5H3/t21-/m1/s1. The van der Waals surface area contributed by atoms with Crippen molar-refractivity contribution in [3.63, 3.8) is 0 Å². The molecule has 2 rings (SSSR count). The normalized spacial score (nSPS) is 16.8. The van der Waals surface area contributed by atoms with Gasteiger partial charge in [0.05, 0.1) is 7.11 Å². The molecular weight excluding hydrogens is 366 g/mol. The van der Waals surface area contributed by atoms with Crippen LogP contribution in [-0.4, -0.2) is 92.0 Å². The maximum Gasteiger partial charge on any atom is 0.161 e. The number of rotatable bonds is 12. The van der Waals surface area contributed by atoms with E-state index in [1.807, 2.05) is 12.1 Å². The van der Waals surface area contributed by atoms with Crippen molar-refractivity contribution in [2.45, 2.75) is 33.4 Å². The van der Waals surface area contributed by atoms with E-state index in [9.17, 15) is 5.11 Å². The van der Waals surface area contributed by atoms with E-state index < -0.39 is 6.10 Å². The predicted octanol–water partition coefficient (Wildman–Crippen LogP) is 2.47. The molecule has 1 aromatic rings. The lowest BCUT2D eigenvalue weighted by atomic mass is 10.1. The highest BCUT2D eigenvalue weighted by Crippen LogP contribution is 2.29. The van der Waals surface area contributed by atoms with E-state index in [0.717, 1.165) is 57.9 Å². The summed E-state index contributed by atoms with van der Waals surface area (Å²) in [6.45, 7) is 19.2. The average Bonchev–Trinajstić information content (AvgIpc) is 2.72. The minimum Gasteiger partial charge on any atom is -0.493 e. The Hall–Kier alpha value is -1.60. The van der Waals surface area contributed by atoms with Crippen molar-refractivity contribution >= 4 is 0 Å². The van der Waals surface area contributed by atoms with Gasteiger partial charge < -0.3 is 19.5 Å². The summed E-state index contributed by atoms with van der Waals surface area (Å²) in [6, 6.07) is 6.03. The van der Waals surface area contributed by atoms with Crippen molar-refractivity contribution in [2.75, 3.05) is 66.1 Å². The Bertz CT molecular complexity index is 630. The van der Waals surface area contributed by atoms with E-state index in [-0.39, 0.29) is 6.61 Å². The van der Waals surface area contributed by atoms with Gasteiger partial charge in [-0.2, -0.15) is 0 Å². The summed E-state index contributed by atoms with van der Waals surface area (Å²) >= 11 is 0. The average molecular weight is 406 g/mol. The fraction of sp³-hybridized carbons (Fsp3) is 0.652. The number of β-amino-alcohol motifs (C(OH)–C–C–N with tert-alkyl or cyclic N) is 1. The largest absolute Gasteiger partial charge is 0.493 e. The first-order chi connectivity index (χ1) is 13.9. The maximum absolute atomic E-state index is 10.4. The maximum atomic E-state index is 10.4. The molecule has 6 nitrogen and oxygen atoms in total. The van der Waals surface area contributed by atoms with Crippen LogP contribution in [0, 0.1) is 0 Å². The van der Waals surface area contributed by atoms with Gasteiger partial charge in [0.1, 0.15) is 12.7 Å². The molecule has 0 aromatic heterocycles. The Morgan fingerprint density at radius 1 is 1.17 bits per heavy atom. The molecule has 1 aliphatic heterocycles. The van der Waals surface area contributed by atoms with Crippen LogP contribution < -0.4 is 9.47 Å². The summed E-state index contributed by atoms with van der Waals surface area (Å²) < 4.78 is 11.4. The van der Waals surface area contributed by atoms with Crippen molar-refractivity contribution in [3.05, 3.63) is 35.9 Å². The second kappa shape index (κ2) is 12.2. The number of hydrogen-bond donors (Lipinski definition) is 1. The lowest BCUT2D eigenvalue weighted by Gasteiger charge is -2.34. The fourth-order valence-corrected chi connectivity index (χ4v) is 3.67. The Morgan fingerprint density at radius 2 is 1.86 bits per heavy atom. The van der Waals surface area contributed by atoms with Gasteiger partial charge in [0.15, 0.2) is 11.5 Å². The lowest BCUT2D eigenvalue weighted by Crippen LogP contribution is -2.49. The Balaban J connectivity index is 1.86. The first-order valence-electron chi connectivity index (χ1n) is 10.7. The van der Waals surface area contributed by atoms with Crippen molar-refractivity contribution in [1.29, 1.82) is 0 Å². The third kappa shape index (κ3) is 7.97. The summed E-state index contributed by atoms with van der Waals surface area (Å²) in [6.07, 6.45) is -0.515. The molecule has 164 valence electrons. The number of benzene rings is 1. The van der Waals surface area contributed by atoms with E-state index in [4.69, 9.17) is 9.47 Å². The Labute approximate surface area is 176 Å². The summed E-state index contributed by atoms with van der Waals surface area (Å²) in [5, 5.41) is 10.4. The molecule has 0 spiro atoms. The minimum absolute atomic E-state index is 0.264. The van der Waals surface area contributed by atoms with Gasteiger partial charge in [0.25, 0.3) is 0 Å². The monoisotopic (exact) mass is 405 g/mol. The van der Waals surface area contributed by atoms with Crippen molar-refractivity contribution in [2.24, 2.45) is 0 Å². The van der Waals surface area contributed by atoms with Crippen molar-refractivity contribution in [3.8, 4) is 11.5 Å². The second-order valence-electron chi connectivity index (χ2n) is 7.95. The van der Waals surface area contributed by atoms with Crippen LogP contribution in [0.4, 0.5) is 0 Å².